The zero-order valence-corrected chi connectivity index (χ0v) is 14.6. The van der Waals surface area contributed by atoms with Gasteiger partial charge in [0.05, 0.1) is 7.11 Å². The van der Waals surface area contributed by atoms with Crippen molar-refractivity contribution >= 4 is 11.8 Å². The predicted octanol–water partition coefficient (Wildman–Crippen LogP) is 3.58. The van der Waals surface area contributed by atoms with Gasteiger partial charge >= 0.3 is 6.09 Å². The van der Waals surface area contributed by atoms with Gasteiger partial charge in [-0.1, -0.05) is 0 Å². The Labute approximate surface area is 138 Å². The molecule has 1 aliphatic rings. The van der Waals surface area contributed by atoms with Crippen LogP contribution >= 0.6 is 0 Å². The number of hydrogen-bond donors (Lipinski definition) is 2. The number of carbonyl (C=O) groups excluding carboxylic acids is 1. The lowest BCUT2D eigenvalue weighted by molar-refractivity contribution is 0.0635. The Morgan fingerprint density at radius 1 is 1.30 bits per heavy atom. The maximum Gasteiger partial charge on any atom is 0.412 e. The largest absolute Gasteiger partial charge is 0.497 e. The van der Waals surface area contributed by atoms with E-state index >= 15 is 0 Å². The molecule has 23 heavy (non-hydrogen) atoms. The topological polar surface area (TPSA) is 59.6 Å². The van der Waals surface area contributed by atoms with Crippen molar-refractivity contribution in [2.45, 2.75) is 45.6 Å². The third kappa shape index (κ3) is 5.75. The van der Waals surface area contributed by atoms with E-state index in [1.165, 1.54) is 0 Å². The summed E-state index contributed by atoms with van der Waals surface area (Å²) in [5.74, 6) is 1.44. The summed E-state index contributed by atoms with van der Waals surface area (Å²) in [6.07, 6.45) is 2.82. The number of hydrogen-bond acceptors (Lipinski definition) is 4. The highest BCUT2D eigenvalue weighted by atomic mass is 16.6. The lowest BCUT2D eigenvalue weighted by Crippen LogP contribution is -2.29. The van der Waals surface area contributed by atoms with Gasteiger partial charge in [-0.25, -0.2) is 4.79 Å². The number of ether oxygens (including phenoxy) is 2. The smallest absolute Gasteiger partial charge is 0.412 e. The van der Waals surface area contributed by atoms with Crippen LogP contribution in [-0.2, 0) is 11.2 Å². The number of amides is 1. The average molecular weight is 320 g/mol. The minimum Gasteiger partial charge on any atom is -0.497 e. The molecule has 2 N–H and O–H groups in total. The maximum atomic E-state index is 12.1. The highest BCUT2D eigenvalue weighted by molar-refractivity contribution is 5.86. The molecule has 1 aromatic rings. The molecule has 2 rings (SSSR count). The molecule has 1 amide bonds. The number of benzene rings is 1. The Morgan fingerprint density at radius 2 is 2.00 bits per heavy atom. The van der Waals surface area contributed by atoms with Crippen LogP contribution in [0.2, 0.25) is 0 Å². The highest BCUT2D eigenvalue weighted by Gasteiger charge is 2.19. The minimum absolute atomic E-state index is 0.422. The summed E-state index contributed by atoms with van der Waals surface area (Å²) in [4.78, 5) is 12.1. The van der Waals surface area contributed by atoms with Crippen LogP contribution < -0.4 is 15.4 Å². The van der Waals surface area contributed by atoms with Crippen molar-refractivity contribution in [2.24, 2.45) is 5.92 Å². The summed E-state index contributed by atoms with van der Waals surface area (Å²) in [5, 5.41) is 6.26. The number of rotatable bonds is 4. The lowest BCUT2D eigenvalue weighted by Gasteiger charge is -2.24. The first-order chi connectivity index (χ1) is 10.9. The second-order valence-electron chi connectivity index (χ2n) is 7.05. The number of piperidine rings is 1. The van der Waals surface area contributed by atoms with Gasteiger partial charge in [-0.15, -0.1) is 0 Å². The van der Waals surface area contributed by atoms with Crippen LogP contribution in [0, 0.1) is 5.92 Å². The summed E-state index contributed by atoms with van der Waals surface area (Å²) in [6, 6.07) is 5.76. The molecule has 128 valence electrons. The van der Waals surface area contributed by atoms with Gasteiger partial charge < -0.3 is 14.8 Å². The summed E-state index contributed by atoms with van der Waals surface area (Å²) in [7, 11) is 1.66. The van der Waals surface area contributed by atoms with E-state index < -0.39 is 11.7 Å². The normalized spacial score (nSPS) is 16.0. The van der Waals surface area contributed by atoms with Gasteiger partial charge in [0.1, 0.15) is 11.4 Å². The molecule has 1 heterocycles. The van der Waals surface area contributed by atoms with Gasteiger partial charge in [0, 0.05) is 5.69 Å². The molecule has 0 unspecified atom stereocenters. The monoisotopic (exact) mass is 320 g/mol. The number of carbonyl (C=O) groups is 1. The van der Waals surface area contributed by atoms with Gasteiger partial charge in [0.2, 0.25) is 0 Å². The summed E-state index contributed by atoms with van der Waals surface area (Å²) < 4.78 is 10.7. The first-order valence-corrected chi connectivity index (χ1v) is 8.25. The third-order valence-corrected chi connectivity index (χ3v) is 3.92. The third-order valence-electron chi connectivity index (χ3n) is 3.92. The van der Waals surface area contributed by atoms with Crippen molar-refractivity contribution in [1.29, 1.82) is 0 Å². The second kappa shape index (κ2) is 7.68. The Kier molecular flexibility index (Phi) is 5.88. The molecule has 0 aromatic heterocycles. The summed E-state index contributed by atoms with van der Waals surface area (Å²) in [6.45, 7) is 7.69. The van der Waals surface area contributed by atoms with Crippen LogP contribution in [-0.4, -0.2) is 31.9 Å². The van der Waals surface area contributed by atoms with E-state index in [9.17, 15) is 4.79 Å². The van der Waals surface area contributed by atoms with E-state index in [4.69, 9.17) is 9.47 Å². The first-order valence-electron chi connectivity index (χ1n) is 8.25. The van der Waals surface area contributed by atoms with E-state index in [1.807, 2.05) is 39.0 Å². The second-order valence-corrected chi connectivity index (χ2v) is 7.05. The quantitative estimate of drug-likeness (QED) is 0.890. The highest BCUT2D eigenvalue weighted by Crippen LogP contribution is 2.28. The fourth-order valence-electron chi connectivity index (χ4n) is 2.80. The summed E-state index contributed by atoms with van der Waals surface area (Å²) in [5.41, 5.74) is 1.40. The standard InChI is InChI=1S/C18H28N2O3/c1-18(2,3)23-17(21)20-16-6-5-15(22-4)12-14(16)11-13-7-9-19-10-8-13/h5-6,12-13,19H,7-11H2,1-4H3,(H,20,21). The molecule has 1 aromatic carbocycles. The fourth-order valence-corrected chi connectivity index (χ4v) is 2.80. The van der Waals surface area contributed by atoms with Crippen LogP contribution in [0.15, 0.2) is 18.2 Å². The molecular weight excluding hydrogens is 292 g/mol. The van der Waals surface area contributed by atoms with Crippen molar-refractivity contribution in [3.63, 3.8) is 0 Å². The number of methoxy groups -OCH3 is 1. The molecule has 1 fully saturated rings. The lowest BCUT2D eigenvalue weighted by atomic mass is 9.90. The molecule has 0 bridgehead atoms. The first kappa shape index (κ1) is 17.6. The van der Waals surface area contributed by atoms with E-state index in [0.29, 0.717) is 5.92 Å². The minimum atomic E-state index is -0.508. The number of nitrogens with one attached hydrogen (secondary N) is 2. The molecule has 5 heteroatoms. The van der Waals surface area contributed by atoms with Gasteiger partial charge in [0.15, 0.2) is 0 Å². The molecule has 0 spiro atoms. The van der Waals surface area contributed by atoms with Crippen LogP contribution in [0.4, 0.5) is 10.5 Å². The van der Waals surface area contributed by atoms with Crippen molar-refractivity contribution in [2.75, 3.05) is 25.5 Å². The van der Waals surface area contributed by atoms with Crippen LogP contribution in [0.3, 0.4) is 0 Å². The Morgan fingerprint density at radius 3 is 2.61 bits per heavy atom. The maximum absolute atomic E-state index is 12.1. The Bertz CT molecular complexity index is 532. The van der Waals surface area contributed by atoms with Gasteiger partial charge in [-0.3, -0.25) is 5.32 Å². The van der Waals surface area contributed by atoms with Crippen LogP contribution in [0.1, 0.15) is 39.2 Å². The molecule has 0 aliphatic carbocycles. The molecule has 0 atom stereocenters. The SMILES string of the molecule is COc1ccc(NC(=O)OC(C)(C)C)c(CC2CCNCC2)c1. The molecular formula is C18H28N2O3. The van der Waals surface area contributed by atoms with Crippen molar-refractivity contribution in [3.8, 4) is 5.75 Å². The van der Waals surface area contributed by atoms with Crippen LogP contribution in [0.5, 0.6) is 5.75 Å². The summed E-state index contributed by atoms with van der Waals surface area (Å²) >= 11 is 0. The zero-order chi connectivity index (χ0) is 16.9. The Balaban J connectivity index is 2.12. The van der Waals surface area contributed by atoms with Crippen molar-refractivity contribution in [1.82, 2.24) is 5.32 Å². The van der Waals surface area contributed by atoms with Crippen molar-refractivity contribution in [3.05, 3.63) is 23.8 Å². The van der Waals surface area contributed by atoms with Crippen LogP contribution in [0.25, 0.3) is 0 Å². The van der Waals surface area contributed by atoms with E-state index in [-0.39, 0.29) is 0 Å². The molecule has 1 aliphatic heterocycles. The molecule has 0 radical (unpaired) electrons. The van der Waals surface area contributed by atoms with Gasteiger partial charge in [0.25, 0.3) is 0 Å². The molecule has 1 saturated heterocycles. The zero-order valence-electron chi connectivity index (χ0n) is 14.6. The predicted molar refractivity (Wildman–Crippen MR) is 92.1 cm³/mol. The van der Waals surface area contributed by atoms with E-state index in [2.05, 4.69) is 10.6 Å². The fraction of sp³-hybridized carbons (Fsp3) is 0.611. The van der Waals surface area contributed by atoms with E-state index in [0.717, 1.165) is 49.4 Å². The van der Waals surface area contributed by atoms with Crippen molar-refractivity contribution < 1.29 is 14.3 Å². The Hall–Kier alpha value is -1.75. The van der Waals surface area contributed by atoms with Gasteiger partial charge in [-0.05, 0) is 82.8 Å². The van der Waals surface area contributed by atoms with Gasteiger partial charge in [-0.2, -0.15) is 0 Å². The average Bonchev–Trinajstić information content (AvgIpc) is 2.48. The number of anilines is 1. The molecule has 0 saturated carbocycles. The molecule has 5 nitrogen and oxygen atoms in total. The van der Waals surface area contributed by atoms with E-state index in [1.54, 1.807) is 7.11 Å².